The molecule has 1 amide bonds. The molecule has 3 rings (SSSR count). The molecule has 0 unspecified atom stereocenters. The summed E-state index contributed by atoms with van der Waals surface area (Å²) >= 11 is 12.2. The van der Waals surface area contributed by atoms with Gasteiger partial charge in [-0.2, -0.15) is 0 Å². The van der Waals surface area contributed by atoms with Crippen LogP contribution in [-0.2, 0) is 4.79 Å². The maximum absolute atomic E-state index is 12.2. The topological polar surface area (TPSA) is 50.7 Å². The van der Waals surface area contributed by atoms with Gasteiger partial charge in [-0.1, -0.05) is 47.0 Å². The summed E-state index contributed by atoms with van der Waals surface area (Å²) in [5.74, 6) is 0.226. The molecule has 0 fully saturated rings. The maximum atomic E-state index is 12.2. The van der Waals surface area contributed by atoms with E-state index in [2.05, 4.69) is 10.3 Å². The minimum absolute atomic E-state index is 0.154. The lowest BCUT2D eigenvalue weighted by atomic mass is 10.2. The Morgan fingerprint density at radius 3 is 2.52 bits per heavy atom. The number of halogens is 2. The number of nitrogens with zero attached hydrogens (tertiary/aromatic N) is 1. The molecule has 3 aromatic carbocycles. The van der Waals surface area contributed by atoms with Crippen molar-refractivity contribution in [1.82, 2.24) is 0 Å². The summed E-state index contributed by atoms with van der Waals surface area (Å²) in [5.41, 5.74) is 4.22. The number of ether oxygens (including phenoxy) is 1. The van der Waals surface area contributed by atoms with Crippen LogP contribution in [0.2, 0.25) is 10.0 Å². The van der Waals surface area contributed by atoms with E-state index in [1.54, 1.807) is 36.5 Å². The van der Waals surface area contributed by atoms with E-state index in [0.717, 1.165) is 16.8 Å². The van der Waals surface area contributed by atoms with Gasteiger partial charge in [0.2, 0.25) is 0 Å². The number of aryl methyl sites for hydroxylation is 2. The number of rotatable bonds is 6. The fraction of sp³-hybridized carbons (Fsp3) is 0.130. The minimum atomic E-state index is -0.290. The van der Waals surface area contributed by atoms with Crippen LogP contribution in [0.1, 0.15) is 16.7 Å². The number of amides is 1. The van der Waals surface area contributed by atoms with E-state index in [4.69, 9.17) is 27.9 Å². The molecule has 0 saturated carbocycles. The lowest BCUT2D eigenvalue weighted by Gasteiger charge is -2.10. The van der Waals surface area contributed by atoms with E-state index in [-0.39, 0.29) is 12.5 Å². The predicted octanol–water partition coefficient (Wildman–Crippen LogP) is 6.38. The third kappa shape index (κ3) is 6.08. The fourth-order valence-electron chi connectivity index (χ4n) is 2.54. The molecule has 0 bridgehead atoms. The van der Waals surface area contributed by atoms with Gasteiger partial charge in [-0.15, -0.1) is 0 Å². The second-order valence-corrected chi connectivity index (χ2v) is 7.42. The number of hydrogen-bond acceptors (Lipinski definition) is 3. The lowest BCUT2D eigenvalue weighted by Crippen LogP contribution is -2.20. The van der Waals surface area contributed by atoms with Crippen molar-refractivity contribution in [3.05, 3.63) is 87.4 Å². The highest BCUT2D eigenvalue weighted by Crippen LogP contribution is 2.23. The fourth-order valence-corrected chi connectivity index (χ4v) is 2.90. The first-order valence-electron chi connectivity index (χ1n) is 9.00. The van der Waals surface area contributed by atoms with Crippen LogP contribution < -0.4 is 10.1 Å². The van der Waals surface area contributed by atoms with Gasteiger partial charge in [0.05, 0.1) is 5.69 Å². The molecule has 0 aliphatic heterocycles. The number of hydrogen-bond donors (Lipinski definition) is 1. The Kier molecular flexibility index (Phi) is 6.91. The Morgan fingerprint density at radius 2 is 1.79 bits per heavy atom. The Bertz CT molecular complexity index is 1050. The Morgan fingerprint density at radius 1 is 1.03 bits per heavy atom. The van der Waals surface area contributed by atoms with Crippen LogP contribution in [0.15, 0.2) is 65.7 Å². The zero-order chi connectivity index (χ0) is 20.8. The molecule has 1 N–H and O–H groups in total. The van der Waals surface area contributed by atoms with Crippen molar-refractivity contribution in [2.75, 3.05) is 11.9 Å². The van der Waals surface area contributed by atoms with Gasteiger partial charge in [0.25, 0.3) is 5.91 Å². The van der Waals surface area contributed by atoms with Crippen LogP contribution >= 0.6 is 23.2 Å². The van der Waals surface area contributed by atoms with Crippen molar-refractivity contribution in [3.8, 4) is 5.75 Å². The van der Waals surface area contributed by atoms with E-state index < -0.39 is 0 Å². The van der Waals surface area contributed by atoms with Crippen LogP contribution in [-0.4, -0.2) is 18.7 Å². The summed E-state index contributed by atoms with van der Waals surface area (Å²) in [6.45, 7) is 3.77. The van der Waals surface area contributed by atoms with Crippen LogP contribution in [0, 0.1) is 13.8 Å². The molecule has 6 heteroatoms. The molecule has 0 aromatic heterocycles. The van der Waals surface area contributed by atoms with Gasteiger partial charge in [-0.05, 0) is 61.9 Å². The van der Waals surface area contributed by atoms with Crippen molar-refractivity contribution in [1.29, 1.82) is 0 Å². The maximum Gasteiger partial charge on any atom is 0.262 e. The van der Waals surface area contributed by atoms with Gasteiger partial charge >= 0.3 is 0 Å². The largest absolute Gasteiger partial charge is 0.483 e. The Balaban J connectivity index is 1.67. The van der Waals surface area contributed by atoms with Crippen molar-refractivity contribution < 1.29 is 9.53 Å². The number of benzene rings is 3. The zero-order valence-electron chi connectivity index (χ0n) is 16.1. The number of carbonyl (C=O) groups excluding carboxylic acids is 1. The van der Waals surface area contributed by atoms with Crippen molar-refractivity contribution >= 4 is 46.7 Å². The highest BCUT2D eigenvalue weighted by molar-refractivity contribution is 6.31. The number of anilines is 1. The zero-order valence-corrected chi connectivity index (χ0v) is 17.6. The molecule has 0 saturated heterocycles. The molecule has 0 spiro atoms. The van der Waals surface area contributed by atoms with Crippen LogP contribution in [0.25, 0.3) is 0 Å². The molecule has 0 radical (unpaired) electrons. The van der Waals surface area contributed by atoms with Gasteiger partial charge in [0.1, 0.15) is 5.75 Å². The van der Waals surface area contributed by atoms with Crippen LogP contribution in [0.3, 0.4) is 0 Å². The quantitative estimate of drug-likeness (QED) is 0.464. The standard InChI is InChI=1S/C23H20Cl2N2O2/c1-15-3-7-19(8-4-15)26-13-17-11-18(24)6-10-22(17)29-14-23(28)27-20-9-5-16(2)21(25)12-20/h3-13H,14H2,1-2H3,(H,27,28). The summed E-state index contributed by atoms with van der Waals surface area (Å²) in [4.78, 5) is 16.7. The number of aliphatic imine (C=N–C) groups is 1. The first-order chi connectivity index (χ1) is 13.9. The molecule has 0 aliphatic carbocycles. The van der Waals surface area contributed by atoms with E-state index in [1.165, 1.54) is 0 Å². The predicted molar refractivity (Wildman–Crippen MR) is 120 cm³/mol. The normalized spacial score (nSPS) is 10.9. The molecule has 0 atom stereocenters. The summed E-state index contributed by atoms with van der Waals surface area (Å²) in [7, 11) is 0. The average molecular weight is 427 g/mol. The van der Waals surface area contributed by atoms with Crippen LogP contribution in [0.4, 0.5) is 11.4 Å². The summed E-state index contributed by atoms with van der Waals surface area (Å²) in [6, 6.07) is 18.3. The van der Waals surface area contributed by atoms with Crippen molar-refractivity contribution in [3.63, 3.8) is 0 Å². The minimum Gasteiger partial charge on any atom is -0.483 e. The number of carbonyl (C=O) groups is 1. The van der Waals surface area contributed by atoms with Gasteiger partial charge in [-0.3, -0.25) is 9.79 Å². The Labute approximate surface area is 180 Å². The Hall–Kier alpha value is -2.82. The molecule has 29 heavy (non-hydrogen) atoms. The first-order valence-corrected chi connectivity index (χ1v) is 9.75. The molecular formula is C23H20Cl2N2O2. The SMILES string of the molecule is Cc1ccc(N=Cc2cc(Cl)ccc2OCC(=O)Nc2ccc(C)c(Cl)c2)cc1. The monoisotopic (exact) mass is 426 g/mol. The lowest BCUT2D eigenvalue weighted by molar-refractivity contribution is -0.118. The number of nitrogens with one attached hydrogen (secondary N) is 1. The first kappa shape index (κ1) is 20.9. The molecule has 3 aromatic rings. The second-order valence-electron chi connectivity index (χ2n) is 6.58. The summed E-state index contributed by atoms with van der Waals surface area (Å²) < 4.78 is 5.69. The molecule has 148 valence electrons. The van der Waals surface area contributed by atoms with Crippen LogP contribution in [0.5, 0.6) is 5.75 Å². The van der Waals surface area contributed by atoms with Crippen molar-refractivity contribution in [2.45, 2.75) is 13.8 Å². The average Bonchev–Trinajstić information content (AvgIpc) is 2.69. The van der Waals surface area contributed by atoms with E-state index in [1.807, 2.05) is 44.2 Å². The third-order valence-electron chi connectivity index (χ3n) is 4.17. The third-order valence-corrected chi connectivity index (χ3v) is 4.82. The van der Waals surface area contributed by atoms with Gasteiger partial charge in [0, 0.05) is 27.5 Å². The highest BCUT2D eigenvalue weighted by atomic mass is 35.5. The van der Waals surface area contributed by atoms with Gasteiger partial charge < -0.3 is 10.1 Å². The smallest absolute Gasteiger partial charge is 0.262 e. The highest BCUT2D eigenvalue weighted by Gasteiger charge is 2.08. The van der Waals surface area contributed by atoms with Crippen molar-refractivity contribution in [2.24, 2.45) is 4.99 Å². The summed E-state index contributed by atoms with van der Waals surface area (Å²) in [5, 5.41) is 3.92. The summed E-state index contributed by atoms with van der Waals surface area (Å²) in [6.07, 6.45) is 1.67. The second kappa shape index (κ2) is 9.59. The van der Waals surface area contributed by atoms with E-state index in [9.17, 15) is 4.79 Å². The molecule has 4 nitrogen and oxygen atoms in total. The molecule has 0 heterocycles. The van der Waals surface area contributed by atoms with Gasteiger partial charge in [-0.25, -0.2) is 0 Å². The van der Waals surface area contributed by atoms with E-state index in [0.29, 0.717) is 27.0 Å². The molecule has 0 aliphatic rings. The van der Waals surface area contributed by atoms with Gasteiger partial charge in [0.15, 0.2) is 6.61 Å². The van der Waals surface area contributed by atoms with E-state index >= 15 is 0 Å². The molecular weight excluding hydrogens is 407 g/mol.